The molecule has 8 heteroatoms. The summed E-state index contributed by atoms with van der Waals surface area (Å²) in [5.74, 6) is 0.0553. The first-order valence-corrected chi connectivity index (χ1v) is 10.9. The lowest BCUT2D eigenvalue weighted by molar-refractivity contribution is 0.101. The van der Waals surface area contributed by atoms with E-state index in [2.05, 4.69) is 31.7 Å². The highest BCUT2D eigenvalue weighted by Crippen LogP contribution is 2.25. The van der Waals surface area contributed by atoms with Gasteiger partial charge in [-0.05, 0) is 52.3 Å². The maximum atomic E-state index is 12.6. The van der Waals surface area contributed by atoms with Crippen molar-refractivity contribution in [2.45, 2.75) is 0 Å². The van der Waals surface area contributed by atoms with Crippen LogP contribution in [0, 0.1) is 0 Å². The van der Waals surface area contributed by atoms with Crippen LogP contribution in [-0.2, 0) is 7.05 Å². The fourth-order valence-electron chi connectivity index (χ4n) is 3.12. The molecule has 1 heterocycles. The Morgan fingerprint density at radius 3 is 2.19 bits per heavy atom. The lowest BCUT2D eigenvalue weighted by Crippen LogP contribution is -2.14. The van der Waals surface area contributed by atoms with Gasteiger partial charge in [0.05, 0.1) is 21.8 Å². The van der Waals surface area contributed by atoms with Crippen molar-refractivity contribution < 1.29 is 9.59 Å². The Bertz CT molecular complexity index is 1300. The first kappa shape index (κ1) is 21.8. The molecule has 4 aromatic rings. The zero-order chi connectivity index (χ0) is 22.7. The van der Waals surface area contributed by atoms with Crippen LogP contribution in [0.5, 0.6) is 0 Å². The number of halogens is 2. The van der Waals surface area contributed by atoms with Crippen LogP contribution in [0.2, 0.25) is 5.02 Å². The zero-order valence-corrected chi connectivity index (χ0v) is 19.3. The molecule has 2 N–H and O–H groups in total. The monoisotopic (exact) mass is 508 g/mol. The number of amides is 2. The van der Waals surface area contributed by atoms with Crippen LogP contribution < -0.4 is 10.6 Å². The molecule has 2 amide bonds. The SMILES string of the molecule is Cn1nc(-c2ccc(NC(=O)c3ccccc3Cl)cc2)cc1NC(=O)c1ccccc1Br. The van der Waals surface area contributed by atoms with Crippen molar-refractivity contribution in [3.05, 3.63) is 99.5 Å². The Morgan fingerprint density at radius 1 is 0.875 bits per heavy atom. The highest BCUT2D eigenvalue weighted by atomic mass is 79.9. The van der Waals surface area contributed by atoms with Gasteiger partial charge >= 0.3 is 0 Å². The molecule has 0 aliphatic rings. The molecular formula is C24H18BrClN4O2. The van der Waals surface area contributed by atoms with Gasteiger partial charge in [-0.25, -0.2) is 0 Å². The average molecular weight is 510 g/mol. The van der Waals surface area contributed by atoms with E-state index in [1.807, 2.05) is 24.3 Å². The van der Waals surface area contributed by atoms with Crippen LogP contribution in [0.25, 0.3) is 11.3 Å². The minimum atomic E-state index is -0.279. The number of hydrogen-bond donors (Lipinski definition) is 2. The second-order valence-corrected chi connectivity index (χ2v) is 8.25. The fourth-order valence-corrected chi connectivity index (χ4v) is 3.81. The van der Waals surface area contributed by atoms with Crippen molar-refractivity contribution >= 4 is 50.9 Å². The van der Waals surface area contributed by atoms with Crippen LogP contribution in [-0.4, -0.2) is 21.6 Å². The summed E-state index contributed by atoms with van der Waals surface area (Å²) in [6.45, 7) is 0. The zero-order valence-electron chi connectivity index (χ0n) is 17.0. The first-order chi connectivity index (χ1) is 15.4. The van der Waals surface area contributed by atoms with E-state index in [9.17, 15) is 9.59 Å². The number of aromatic nitrogens is 2. The molecule has 0 fully saturated rings. The van der Waals surface area contributed by atoms with Gasteiger partial charge in [-0.2, -0.15) is 5.10 Å². The number of nitrogens with one attached hydrogen (secondary N) is 2. The topological polar surface area (TPSA) is 76.0 Å². The number of carbonyl (C=O) groups is 2. The molecule has 0 spiro atoms. The van der Waals surface area contributed by atoms with Crippen LogP contribution >= 0.6 is 27.5 Å². The molecule has 32 heavy (non-hydrogen) atoms. The third kappa shape index (κ3) is 4.74. The van der Waals surface area contributed by atoms with Crippen LogP contribution in [0.3, 0.4) is 0 Å². The normalized spacial score (nSPS) is 10.6. The molecule has 160 valence electrons. The summed E-state index contributed by atoms with van der Waals surface area (Å²) in [6, 6.07) is 23.2. The summed E-state index contributed by atoms with van der Waals surface area (Å²) in [4.78, 5) is 25.0. The standard InChI is InChI=1S/C24H18BrClN4O2/c1-30-22(28-23(31)17-6-2-4-8-19(17)25)14-21(29-30)15-10-12-16(13-11-15)27-24(32)18-7-3-5-9-20(18)26/h2-14H,1H3,(H,27,32)(H,28,31). The first-order valence-electron chi connectivity index (χ1n) is 9.68. The Kier molecular flexibility index (Phi) is 6.39. The van der Waals surface area contributed by atoms with E-state index in [1.165, 1.54) is 0 Å². The van der Waals surface area contributed by atoms with Gasteiger partial charge in [-0.15, -0.1) is 0 Å². The lowest BCUT2D eigenvalue weighted by atomic mass is 10.1. The summed E-state index contributed by atoms with van der Waals surface area (Å²) in [5, 5.41) is 10.6. The highest BCUT2D eigenvalue weighted by Gasteiger charge is 2.14. The van der Waals surface area contributed by atoms with Crippen LogP contribution in [0.15, 0.2) is 83.3 Å². The van der Waals surface area contributed by atoms with E-state index in [0.717, 1.165) is 5.56 Å². The molecule has 0 atom stereocenters. The maximum absolute atomic E-state index is 12.6. The third-order valence-corrected chi connectivity index (χ3v) is 5.82. The van der Waals surface area contributed by atoms with Gasteiger partial charge in [0.2, 0.25) is 0 Å². The maximum Gasteiger partial charge on any atom is 0.257 e. The van der Waals surface area contributed by atoms with Gasteiger partial charge in [0.1, 0.15) is 5.82 Å². The van der Waals surface area contributed by atoms with E-state index >= 15 is 0 Å². The third-order valence-electron chi connectivity index (χ3n) is 4.80. The second-order valence-electron chi connectivity index (χ2n) is 6.98. The molecule has 0 saturated heterocycles. The fraction of sp³-hybridized carbons (Fsp3) is 0.0417. The highest BCUT2D eigenvalue weighted by molar-refractivity contribution is 9.10. The van der Waals surface area contributed by atoms with Crippen molar-refractivity contribution in [3.63, 3.8) is 0 Å². The van der Waals surface area contributed by atoms with Gasteiger partial charge < -0.3 is 10.6 Å². The number of anilines is 2. The molecule has 0 aliphatic carbocycles. The summed E-state index contributed by atoms with van der Waals surface area (Å²) in [7, 11) is 1.76. The minimum Gasteiger partial charge on any atom is -0.322 e. The van der Waals surface area contributed by atoms with Gasteiger partial charge in [0.25, 0.3) is 11.8 Å². The Balaban J connectivity index is 1.48. The molecule has 0 aliphatic heterocycles. The summed E-state index contributed by atoms with van der Waals surface area (Å²) in [5.41, 5.74) is 3.12. The number of nitrogens with zero attached hydrogens (tertiary/aromatic N) is 2. The molecule has 6 nitrogen and oxygen atoms in total. The smallest absolute Gasteiger partial charge is 0.257 e. The van der Waals surface area contributed by atoms with Crippen molar-refractivity contribution in [2.75, 3.05) is 10.6 Å². The van der Waals surface area contributed by atoms with Crippen molar-refractivity contribution in [2.24, 2.45) is 7.05 Å². The molecular weight excluding hydrogens is 492 g/mol. The number of aryl methyl sites for hydroxylation is 1. The molecule has 1 aromatic heterocycles. The van der Waals surface area contributed by atoms with Crippen LogP contribution in [0.4, 0.5) is 11.5 Å². The summed E-state index contributed by atoms with van der Waals surface area (Å²) in [6.07, 6.45) is 0. The Labute approximate surface area is 198 Å². The van der Waals surface area contributed by atoms with E-state index in [0.29, 0.717) is 37.8 Å². The van der Waals surface area contributed by atoms with Crippen LogP contribution in [0.1, 0.15) is 20.7 Å². The van der Waals surface area contributed by atoms with E-state index in [-0.39, 0.29) is 11.8 Å². The molecule has 0 bridgehead atoms. The Hall–Kier alpha value is -3.42. The molecule has 0 unspecified atom stereocenters. The van der Waals surface area contributed by atoms with E-state index < -0.39 is 0 Å². The average Bonchev–Trinajstić information content (AvgIpc) is 3.15. The van der Waals surface area contributed by atoms with Gasteiger partial charge in [-0.1, -0.05) is 48.0 Å². The quantitative estimate of drug-likeness (QED) is 0.346. The number of benzene rings is 3. The van der Waals surface area contributed by atoms with E-state index in [4.69, 9.17) is 11.6 Å². The largest absolute Gasteiger partial charge is 0.322 e. The minimum absolute atomic E-state index is 0.232. The predicted molar refractivity (Wildman–Crippen MR) is 130 cm³/mol. The molecule has 3 aromatic carbocycles. The van der Waals surface area contributed by atoms with Gasteiger partial charge in [-0.3, -0.25) is 14.3 Å². The lowest BCUT2D eigenvalue weighted by Gasteiger charge is -2.07. The molecule has 0 saturated carbocycles. The Morgan fingerprint density at radius 2 is 1.50 bits per heavy atom. The summed E-state index contributed by atoms with van der Waals surface area (Å²) >= 11 is 9.48. The van der Waals surface area contributed by atoms with Gasteiger partial charge in [0.15, 0.2) is 0 Å². The predicted octanol–water partition coefficient (Wildman–Crippen LogP) is 6.01. The molecule has 0 radical (unpaired) electrons. The van der Waals surface area contributed by atoms with Crippen molar-refractivity contribution in [1.82, 2.24) is 9.78 Å². The number of carbonyl (C=O) groups excluding carboxylic acids is 2. The van der Waals surface area contributed by atoms with Gasteiger partial charge in [0, 0.05) is 28.8 Å². The summed E-state index contributed by atoms with van der Waals surface area (Å²) < 4.78 is 2.33. The number of hydrogen-bond acceptors (Lipinski definition) is 3. The number of rotatable bonds is 5. The van der Waals surface area contributed by atoms with E-state index in [1.54, 1.807) is 66.3 Å². The molecule has 4 rings (SSSR count). The van der Waals surface area contributed by atoms with Crippen molar-refractivity contribution in [1.29, 1.82) is 0 Å². The van der Waals surface area contributed by atoms with Crippen molar-refractivity contribution in [3.8, 4) is 11.3 Å². The second kappa shape index (κ2) is 9.38.